The minimum Gasteiger partial charge on any atom is -0.378 e. The van der Waals surface area contributed by atoms with Gasteiger partial charge in [0.05, 0.1) is 18.5 Å². The van der Waals surface area contributed by atoms with Gasteiger partial charge in [-0.25, -0.2) is 0 Å². The van der Waals surface area contributed by atoms with Gasteiger partial charge in [-0.3, -0.25) is 4.79 Å². The van der Waals surface area contributed by atoms with E-state index in [0.29, 0.717) is 10.2 Å². The average Bonchev–Trinajstić information content (AvgIpc) is 3.24. The molecule has 0 bridgehead atoms. The molecular weight excluding hydrogens is 466 g/mol. The highest BCUT2D eigenvalue weighted by atomic mass is 35.5. The number of amides is 1. The van der Waals surface area contributed by atoms with Gasteiger partial charge >= 0.3 is 0 Å². The van der Waals surface area contributed by atoms with E-state index in [9.17, 15) is 4.79 Å². The number of benzene rings is 2. The second-order valence-electron chi connectivity index (χ2n) is 7.31. The normalized spacial score (nSPS) is 14.8. The summed E-state index contributed by atoms with van der Waals surface area (Å²) in [6.07, 6.45) is 0. The van der Waals surface area contributed by atoms with Crippen LogP contribution in [0.5, 0.6) is 0 Å². The van der Waals surface area contributed by atoms with Crippen LogP contribution in [0.3, 0.4) is 0 Å². The van der Waals surface area contributed by atoms with Crippen LogP contribution in [0, 0.1) is 6.92 Å². The molecule has 1 saturated heterocycles. The Labute approximate surface area is 200 Å². The van der Waals surface area contributed by atoms with Crippen LogP contribution in [0.1, 0.15) is 12.5 Å². The van der Waals surface area contributed by atoms with Crippen molar-refractivity contribution in [2.24, 2.45) is 0 Å². The van der Waals surface area contributed by atoms with Crippen molar-refractivity contribution in [3.05, 3.63) is 53.1 Å². The third-order valence-corrected chi connectivity index (χ3v) is 7.51. The van der Waals surface area contributed by atoms with Gasteiger partial charge in [-0.15, -0.1) is 10.2 Å². The highest BCUT2D eigenvalue weighted by molar-refractivity contribution is 8.02. The van der Waals surface area contributed by atoms with Crippen LogP contribution in [0.2, 0.25) is 5.02 Å². The number of hydrogen-bond acceptors (Lipinski definition) is 8. The van der Waals surface area contributed by atoms with E-state index >= 15 is 0 Å². The predicted molar refractivity (Wildman–Crippen MR) is 133 cm³/mol. The smallest absolute Gasteiger partial charge is 0.237 e. The van der Waals surface area contributed by atoms with Crippen molar-refractivity contribution in [3.8, 4) is 0 Å². The van der Waals surface area contributed by atoms with Crippen LogP contribution in [0.4, 0.5) is 22.2 Å². The SMILES string of the molecule is Cc1c(Cl)cccc1Nc1nnc(SC(C)C(=O)Nc2ccc(N3CCOCC3)cc2)s1. The molecule has 1 amide bonds. The van der Waals surface area contributed by atoms with Crippen molar-refractivity contribution < 1.29 is 9.53 Å². The number of thioether (sulfide) groups is 1. The van der Waals surface area contributed by atoms with Crippen LogP contribution < -0.4 is 15.5 Å². The zero-order valence-electron chi connectivity index (χ0n) is 17.8. The lowest BCUT2D eigenvalue weighted by Gasteiger charge is -2.28. The molecule has 3 aromatic rings. The number of carbonyl (C=O) groups is 1. The quantitative estimate of drug-likeness (QED) is 0.441. The zero-order chi connectivity index (χ0) is 22.5. The van der Waals surface area contributed by atoms with Gasteiger partial charge in [0.1, 0.15) is 0 Å². The molecule has 1 unspecified atom stereocenters. The Bertz CT molecular complexity index is 1070. The van der Waals surface area contributed by atoms with Crippen LogP contribution in [0.25, 0.3) is 0 Å². The lowest BCUT2D eigenvalue weighted by Crippen LogP contribution is -2.36. The van der Waals surface area contributed by atoms with E-state index in [1.54, 1.807) is 0 Å². The van der Waals surface area contributed by atoms with Crippen molar-refractivity contribution in [1.29, 1.82) is 0 Å². The zero-order valence-corrected chi connectivity index (χ0v) is 20.2. The first-order valence-electron chi connectivity index (χ1n) is 10.3. The highest BCUT2D eigenvalue weighted by Gasteiger charge is 2.18. The van der Waals surface area contributed by atoms with E-state index in [-0.39, 0.29) is 11.2 Å². The number of hydrogen-bond donors (Lipinski definition) is 2. The van der Waals surface area contributed by atoms with Crippen molar-refractivity contribution in [2.45, 2.75) is 23.4 Å². The number of morpholine rings is 1. The molecule has 0 spiro atoms. The van der Waals surface area contributed by atoms with Crippen LogP contribution in [-0.2, 0) is 9.53 Å². The van der Waals surface area contributed by atoms with Gasteiger partial charge in [0, 0.05) is 35.2 Å². The Morgan fingerprint density at radius 1 is 1.19 bits per heavy atom. The molecule has 2 aromatic carbocycles. The summed E-state index contributed by atoms with van der Waals surface area (Å²) in [6, 6.07) is 13.6. The maximum Gasteiger partial charge on any atom is 0.237 e. The van der Waals surface area contributed by atoms with Crippen molar-refractivity contribution >= 4 is 62.8 Å². The molecule has 2 N–H and O–H groups in total. The second-order valence-corrected chi connectivity index (χ2v) is 10.3. The van der Waals surface area contributed by atoms with E-state index in [1.165, 1.54) is 23.1 Å². The Hall–Kier alpha value is -2.33. The second kappa shape index (κ2) is 10.5. The summed E-state index contributed by atoms with van der Waals surface area (Å²) < 4.78 is 6.11. The molecular formula is C22H24ClN5O2S2. The molecule has 1 aliphatic rings. The molecule has 4 rings (SSSR count). The molecule has 1 fully saturated rings. The molecule has 2 heterocycles. The highest BCUT2D eigenvalue weighted by Crippen LogP contribution is 2.32. The van der Waals surface area contributed by atoms with E-state index in [2.05, 4.69) is 25.7 Å². The fraction of sp³-hybridized carbons (Fsp3) is 0.318. The van der Waals surface area contributed by atoms with E-state index < -0.39 is 0 Å². The minimum absolute atomic E-state index is 0.0792. The summed E-state index contributed by atoms with van der Waals surface area (Å²) in [4.78, 5) is 14.9. The fourth-order valence-electron chi connectivity index (χ4n) is 3.19. The number of halogens is 1. The molecule has 168 valence electrons. The molecule has 0 radical (unpaired) electrons. The van der Waals surface area contributed by atoms with Gasteiger partial charge in [-0.1, -0.05) is 40.8 Å². The molecule has 10 heteroatoms. The monoisotopic (exact) mass is 489 g/mol. The number of carbonyl (C=O) groups excluding carboxylic acids is 1. The van der Waals surface area contributed by atoms with E-state index in [1.807, 2.05) is 56.3 Å². The van der Waals surface area contributed by atoms with Gasteiger partial charge in [0.15, 0.2) is 4.34 Å². The number of nitrogens with zero attached hydrogens (tertiary/aromatic N) is 3. The van der Waals surface area contributed by atoms with Gasteiger partial charge in [0.25, 0.3) is 0 Å². The minimum atomic E-state index is -0.317. The molecule has 0 aliphatic carbocycles. The summed E-state index contributed by atoms with van der Waals surface area (Å²) in [7, 11) is 0. The van der Waals surface area contributed by atoms with Crippen LogP contribution >= 0.6 is 34.7 Å². The van der Waals surface area contributed by atoms with E-state index in [0.717, 1.165) is 53.3 Å². The lowest BCUT2D eigenvalue weighted by atomic mass is 10.2. The topological polar surface area (TPSA) is 79.4 Å². The Morgan fingerprint density at radius 3 is 2.69 bits per heavy atom. The van der Waals surface area contributed by atoms with E-state index in [4.69, 9.17) is 16.3 Å². The van der Waals surface area contributed by atoms with Crippen LogP contribution in [-0.4, -0.2) is 47.7 Å². The Morgan fingerprint density at radius 2 is 1.94 bits per heavy atom. The fourth-order valence-corrected chi connectivity index (χ4v) is 5.27. The Kier molecular flexibility index (Phi) is 7.51. The maximum absolute atomic E-state index is 12.7. The first kappa shape index (κ1) is 22.8. The maximum atomic E-state index is 12.7. The largest absolute Gasteiger partial charge is 0.378 e. The average molecular weight is 490 g/mol. The van der Waals surface area contributed by atoms with Gasteiger partial charge in [-0.2, -0.15) is 0 Å². The summed E-state index contributed by atoms with van der Waals surface area (Å²) in [6.45, 7) is 7.06. The Balaban J connectivity index is 1.31. The molecule has 1 atom stereocenters. The number of ether oxygens (including phenoxy) is 1. The predicted octanol–water partition coefficient (Wildman–Crippen LogP) is 5.20. The van der Waals surface area contributed by atoms with Gasteiger partial charge < -0.3 is 20.3 Å². The number of aromatic nitrogens is 2. The molecule has 32 heavy (non-hydrogen) atoms. The first-order valence-corrected chi connectivity index (χ1v) is 12.3. The lowest BCUT2D eigenvalue weighted by molar-refractivity contribution is -0.115. The summed E-state index contributed by atoms with van der Waals surface area (Å²) >= 11 is 8.96. The molecule has 7 nitrogen and oxygen atoms in total. The van der Waals surface area contributed by atoms with Gasteiger partial charge in [0.2, 0.25) is 11.0 Å². The third kappa shape index (κ3) is 5.72. The van der Waals surface area contributed by atoms with Crippen LogP contribution in [0.15, 0.2) is 46.8 Å². The molecule has 1 aromatic heterocycles. The first-order chi connectivity index (χ1) is 15.5. The van der Waals surface area contributed by atoms with Crippen molar-refractivity contribution in [1.82, 2.24) is 10.2 Å². The van der Waals surface area contributed by atoms with Gasteiger partial charge in [-0.05, 0) is 55.8 Å². The third-order valence-electron chi connectivity index (χ3n) is 5.07. The van der Waals surface area contributed by atoms with Crippen molar-refractivity contribution in [3.63, 3.8) is 0 Å². The number of rotatable bonds is 7. The summed E-state index contributed by atoms with van der Waals surface area (Å²) in [5, 5.41) is 15.6. The summed E-state index contributed by atoms with van der Waals surface area (Å²) in [5.41, 5.74) is 3.75. The van der Waals surface area contributed by atoms with Crippen molar-refractivity contribution in [2.75, 3.05) is 41.8 Å². The molecule has 0 saturated carbocycles. The molecule has 1 aliphatic heterocycles. The number of anilines is 4. The summed E-state index contributed by atoms with van der Waals surface area (Å²) in [5.74, 6) is -0.0792. The standard InChI is InChI=1S/C22H24ClN5O2S2/c1-14-18(23)4-3-5-19(14)25-21-26-27-22(32-21)31-15(2)20(29)24-16-6-8-17(9-7-16)28-10-12-30-13-11-28/h3-9,15H,10-13H2,1-2H3,(H,24,29)(H,25,26). The number of nitrogens with one attached hydrogen (secondary N) is 2.